The molecule has 15 heteroatoms. The summed E-state index contributed by atoms with van der Waals surface area (Å²) in [5.74, 6) is 0.668. The molecule has 0 N–H and O–H groups in total. The van der Waals surface area contributed by atoms with E-state index in [0.29, 0.717) is 16.4 Å². The Morgan fingerprint density at radius 1 is 0.784 bits per heavy atom. The van der Waals surface area contributed by atoms with Crippen molar-refractivity contribution in [2.75, 3.05) is 24.4 Å². The minimum absolute atomic E-state index is 0.136. The van der Waals surface area contributed by atoms with Crippen molar-refractivity contribution in [1.82, 2.24) is 0 Å². The van der Waals surface area contributed by atoms with Crippen LogP contribution >= 0.6 is 23.5 Å². The lowest BCUT2D eigenvalue weighted by atomic mass is 10.1. The van der Waals surface area contributed by atoms with Gasteiger partial charge < -0.3 is 4.84 Å². The first-order valence-corrected chi connectivity index (χ1v) is 14.0. The van der Waals surface area contributed by atoms with Gasteiger partial charge >= 0.3 is 22.5 Å². The van der Waals surface area contributed by atoms with Crippen LogP contribution < -0.4 is 0 Å². The Morgan fingerprint density at radius 2 is 1.19 bits per heavy atom. The molecule has 0 spiro atoms. The summed E-state index contributed by atoms with van der Waals surface area (Å²) in [6, 6.07) is 10.8. The maximum absolute atomic E-state index is 13.4. The Morgan fingerprint density at radius 3 is 1.54 bits per heavy atom. The number of benzene rings is 2. The molecular formula is C22H22F6N2O4S3. The van der Waals surface area contributed by atoms with Crippen molar-refractivity contribution in [2.24, 2.45) is 10.3 Å². The predicted molar refractivity (Wildman–Crippen MR) is 132 cm³/mol. The molecule has 0 saturated heterocycles. The van der Waals surface area contributed by atoms with E-state index in [4.69, 9.17) is 0 Å². The van der Waals surface area contributed by atoms with Gasteiger partial charge in [0.05, 0.1) is 5.75 Å². The molecule has 0 aromatic heterocycles. The standard InChI is InChI=1S/C22H22F6N2O4S3/c1-3-14-37(31,32)34-30-20(22(26,27)28)16-6-10-18(11-7-16)36-13-12-35-17-8-4-15(5-9-17)19(29-33-2)21(23,24)25/h4-11H,3,12-14H2,1-2H3/b29-19-,30-20-. The first-order valence-electron chi connectivity index (χ1n) is 10.5. The van der Waals surface area contributed by atoms with Crippen LogP contribution in [0.25, 0.3) is 0 Å². The van der Waals surface area contributed by atoms with E-state index in [2.05, 4.69) is 19.4 Å². The van der Waals surface area contributed by atoms with Crippen molar-refractivity contribution in [2.45, 2.75) is 35.5 Å². The zero-order chi connectivity index (χ0) is 27.7. The number of rotatable bonds is 12. The molecule has 0 aliphatic carbocycles. The number of hydrogen-bond donors (Lipinski definition) is 0. The fourth-order valence-electron chi connectivity index (χ4n) is 2.75. The van der Waals surface area contributed by atoms with Gasteiger partial charge in [0.15, 0.2) is 11.4 Å². The number of oxime groups is 2. The summed E-state index contributed by atoms with van der Waals surface area (Å²) in [6.45, 7) is 1.53. The molecule has 2 rings (SSSR count). The smallest absolute Gasteiger partial charge is 0.399 e. The van der Waals surface area contributed by atoms with E-state index in [9.17, 15) is 34.8 Å². The van der Waals surface area contributed by atoms with E-state index in [0.717, 1.165) is 24.1 Å². The third-order valence-corrected chi connectivity index (χ3v) is 7.79. The van der Waals surface area contributed by atoms with Crippen molar-refractivity contribution >= 4 is 45.1 Å². The second-order valence-corrected chi connectivity index (χ2v) is 11.1. The third-order valence-electron chi connectivity index (χ3n) is 4.29. The summed E-state index contributed by atoms with van der Waals surface area (Å²) in [7, 11) is -3.18. The SMILES string of the molecule is CCCS(=O)(=O)O/N=C(/c1ccc(SCCSc2ccc(/C(=N/OC)C(F)(F)F)cc2)cc1)C(F)(F)F. The zero-order valence-corrected chi connectivity index (χ0v) is 21.9. The largest absolute Gasteiger partial charge is 0.437 e. The lowest BCUT2D eigenvalue weighted by Crippen LogP contribution is -2.25. The average Bonchev–Trinajstić information content (AvgIpc) is 2.80. The van der Waals surface area contributed by atoms with Crippen LogP contribution in [0.3, 0.4) is 0 Å². The molecule has 6 nitrogen and oxygen atoms in total. The summed E-state index contributed by atoms with van der Waals surface area (Å²) >= 11 is 2.75. The Kier molecular flexibility index (Phi) is 11.2. The molecule has 204 valence electrons. The number of nitrogens with zero attached hydrogens (tertiary/aromatic N) is 2. The Hall–Kier alpha value is -2.39. The van der Waals surface area contributed by atoms with Gasteiger partial charge in [-0.25, -0.2) is 0 Å². The van der Waals surface area contributed by atoms with Gasteiger partial charge in [-0.15, -0.1) is 23.5 Å². The Balaban J connectivity index is 1.96. The van der Waals surface area contributed by atoms with Crippen LogP contribution in [-0.4, -0.2) is 56.6 Å². The van der Waals surface area contributed by atoms with Crippen LogP contribution in [0.1, 0.15) is 24.5 Å². The van der Waals surface area contributed by atoms with Crippen LogP contribution in [0.2, 0.25) is 0 Å². The summed E-state index contributed by atoms with van der Waals surface area (Å²) in [5, 5.41) is 5.89. The molecule has 0 radical (unpaired) electrons. The normalized spacial score (nSPS) is 13.5. The highest BCUT2D eigenvalue weighted by molar-refractivity contribution is 8.03. The summed E-state index contributed by atoms with van der Waals surface area (Å²) in [6.07, 6.45) is -9.43. The van der Waals surface area contributed by atoms with Crippen LogP contribution in [0.4, 0.5) is 26.3 Å². The van der Waals surface area contributed by atoms with Crippen LogP contribution in [0.15, 0.2) is 68.6 Å². The van der Waals surface area contributed by atoms with Crippen molar-refractivity contribution in [3.63, 3.8) is 0 Å². The molecule has 2 aromatic carbocycles. The molecule has 2 aromatic rings. The van der Waals surface area contributed by atoms with Gasteiger partial charge in [0.25, 0.3) is 0 Å². The molecule has 0 bridgehead atoms. The molecule has 0 saturated carbocycles. The second kappa shape index (κ2) is 13.4. The van der Waals surface area contributed by atoms with Crippen LogP contribution in [0.5, 0.6) is 0 Å². The van der Waals surface area contributed by atoms with Crippen molar-refractivity contribution < 1.29 is 43.9 Å². The van der Waals surface area contributed by atoms with Gasteiger partial charge in [0.1, 0.15) is 7.11 Å². The van der Waals surface area contributed by atoms with E-state index in [1.807, 2.05) is 0 Å². The van der Waals surface area contributed by atoms with E-state index in [1.54, 1.807) is 0 Å². The first-order chi connectivity index (χ1) is 17.3. The van der Waals surface area contributed by atoms with E-state index >= 15 is 0 Å². The van der Waals surface area contributed by atoms with Gasteiger partial charge in [-0.2, -0.15) is 34.8 Å². The summed E-state index contributed by atoms with van der Waals surface area (Å²) in [5.41, 5.74) is -3.10. The van der Waals surface area contributed by atoms with E-state index < -0.39 is 39.6 Å². The highest BCUT2D eigenvalue weighted by Crippen LogP contribution is 2.28. The molecule has 0 atom stereocenters. The molecule has 0 aliphatic heterocycles. The lowest BCUT2D eigenvalue weighted by Gasteiger charge is -2.11. The maximum Gasteiger partial charge on any atom is 0.437 e. The van der Waals surface area contributed by atoms with E-state index in [1.165, 1.54) is 66.8 Å². The Bertz CT molecular complexity index is 1180. The molecule has 0 heterocycles. The predicted octanol–water partition coefficient (Wildman–Crippen LogP) is 6.51. The van der Waals surface area contributed by atoms with Crippen LogP contribution in [-0.2, 0) is 19.2 Å². The van der Waals surface area contributed by atoms with Gasteiger partial charge in [0, 0.05) is 32.4 Å². The number of hydrogen-bond acceptors (Lipinski definition) is 8. The molecule has 0 unspecified atom stereocenters. The highest BCUT2D eigenvalue weighted by Gasteiger charge is 2.39. The first kappa shape index (κ1) is 30.8. The van der Waals surface area contributed by atoms with Gasteiger partial charge in [-0.3, -0.25) is 4.28 Å². The minimum Gasteiger partial charge on any atom is -0.399 e. The molecule has 0 aliphatic rings. The maximum atomic E-state index is 13.4. The van der Waals surface area contributed by atoms with E-state index in [-0.39, 0.29) is 17.5 Å². The highest BCUT2D eigenvalue weighted by atomic mass is 32.2. The zero-order valence-electron chi connectivity index (χ0n) is 19.5. The second-order valence-electron chi connectivity index (χ2n) is 7.14. The average molecular weight is 589 g/mol. The number of alkyl halides is 6. The van der Waals surface area contributed by atoms with Crippen molar-refractivity contribution in [3.05, 3.63) is 59.7 Å². The fourth-order valence-corrected chi connectivity index (χ4v) is 5.30. The molecular weight excluding hydrogens is 566 g/mol. The molecule has 0 amide bonds. The van der Waals surface area contributed by atoms with Crippen molar-refractivity contribution in [3.8, 4) is 0 Å². The topological polar surface area (TPSA) is 77.3 Å². The molecule has 37 heavy (non-hydrogen) atoms. The van der Waals surface area contributed by atoms with Gasteiger partial charge in [-0.05, 0) is 30.7 Å². The molecule has 0 fully saturated rings. The third kappa shape index (κ3) is 10.1. The number of thioether (sulfide) groups is 2. The van der Waals surface area contributed by atoms with Gasteiger partial charge in [0.2, 0.25) is 0 Å². The summed E-state index contributed by atoms with van der Waals surface area (Å²) in [4.78, 5) is 5.66. The van der Waals surface area contributed by atoms with Crippen LogP contribution in [0, 0.1) is 0 Å². The number of halogens is 6. The fraction of sp³-hybridized carbons (Fsp3) is 0.364. The lowest BCUT2D eigenvalue weighted by molar-refractivity contribution is -0.0613. The minimum atomic E-state index is -4.93. The summed E-state index contributed by atoms with van der Waals surface area (Å²) < 4.78 is 106. The monoisotopic (exact) mass is 588 g/mol. The Labute approximate surface area is 218 Å². The van der Waals surface area contributed by atoms with Crippen molar-refractivity contribution in [1.29, 1.82) is 0 Å². The quantitative estimate of drug-likeness (QED) is 0.0926. The van der Waals surface area contributed by atoms with Gasteiger partial charge in [-0.1, -0.05) is 41.5 Å².